The molecular weight excluding hydrogens is 378 g/mol. The molecule has 158 valence electrons. The number of nitrogens with zero attached hydrogens (tertiary/aromatic N) is 1. The highest BCUT2D eigenvalue weighted by atomic mass is 16.5. The fourth-order valence-corrected chi connectivity index (χ4v) is 3.74. The van der Waals surface area contributed by atoms with Crippen LogP contribution in [-0.4, -0.2) is 55.7 Å². The van der Waals surface area contributed by atoms with Crippen molar-refractivity contribution >= 4 is 18.0 Å². The van der Waals surface area contributed by atoms with Gasteiger partial charge in [0, 0.05) is 18.8 Å². The van der Waals surface area contributed by atoms with Gasteiger partial charge in [-0.25, -0.2) is 9.59 Å². The number of likely N-dealkylation sites (tertiary alicyclic amines) is 1. The molecule has 1 fully saturated rings. The number of hydrogen-bond donors (Lipinski definition) is 2. The summed E-state index contributed by atoms with van der Waals surface area (Å²) in [6.07, 6.45) is 3.09. The Balaban J connectivity index is 1.86. The van der Waals surface area contributed by atoms with E-state index in [0.717, 1.165) is 19.4 Å². The Labute approximate surface area is 169 Å². The number of furan rings is 1. The van der Waals surface area contributed by atoms with Crippen molar-refractivity contribution in [1.82, 2.24) is 15.5 Å². The minimum Gasteiger partial charge on any atom is -0.467 e. The molecule has 0 unspecified atom stereocenters. The number of amides is 2. The third kappa shape index (κ3) is 4.97. The van der Waals surface area contributed by atoms with Crippen LogP contribution >= 0.6 is 0 Å². The third-order valence-corrected chi connectivity index (χ3v) is 4.98. The van der Waals surface area contributed by atoms with Gasteiger partial charge in [0.05, 0.1) is 31.0 Å². The summed E-state index contributed by atoms with van der Waals surface area (Å²) in [4.78, 5) is 39.1. The highest BCUT2D eigenvalue weighted by Crippen LogP contribution is 2.29. The molecule has 2 atom stereocenters. The number of carbonyl (C=O) groups is 3. The van der Waals surface area contributed by atoms with Gasteiger partial charge in [-0.15, -0.1) is 0 Å². The van der Waals surface area contributed by atoms with Crippen molar-refractivity contribution in [2.75, 3.05) is 32.8 Å². The summed E-state index contributed by atoms with van der Waals surface area (Å²) in [5.41, 5.74) is 0.762. The lowest BCUT2D eigenvalue weighted by Gasteiger charge is -2.34. The molecule has 0 bridgehead atoms. The molecule has 29 heavy (non-hydrogen) atoms. The average molecular weight is 405 g/mol. The second-order valence-electron chi connectivity index (χ2n) is 6.99. The predicted octanol–water partition coefficient (Wildman–Crippen LogP) is 1.73. The molecular formula is C20H27N3O6. The Bertz CT molecular complexity index is 773. The van der Waals surface area contributed by atoms with E-state index in [2.05, 4.69) is 10.6 Å². The van der Waals surface area contributed by atoms with E-state index in [1.165, 1.54) is 6.26 Å². The van der Waals surface area contributed by atoms with E-state index in [1.807, 2.05) is 4.90 Å². The first kappa shape index (κ1) is 20.9. The summed E-state index contributed by atoms with van der Waals surface area (Å²) in [5, 5.41) is 5.47. The SMILES string of the molecule is CCOC(=O)C1=C(CN2CCC[C@H](C(=O)OCC)C2)NC(=O)N[C@H]1c1ccco1. The molecule has 3 rings (SSSR count). The summed E-state index contributed by atoms with van der Waals surface area (Å²) in [6.45, 7) is 5.65. The van der Waals surface area contributed by atoms with Crippen LogP contribution in [0.4, 0.5) is 4.79 Å². The van der Waals surface area contributed by atoms with E-state index < -0.39 is 18.0 Å². The van der Waals surface area contributed by atoms with Crippen LogP contribution in [0.25, 0.3) is 0 Å². The number of ether oxygens (including phenoxy) is 2. The maximum atomic E-state index is 12.7. The van der Waals surface area contributed by atoms with E-state index in [-0.39, 0.29) is 18.5 Å². The third-order valence-electron chi connectivity index (χ3n) is 4.98. The molecule has 1 saturated heterocycles. The Morgan fingerprint density at radius 3 is 2.76 bits per heavy atom. The molecule has 0 aromatic carbocycles. The van der Waals surface area contributed by atoms with Crippen molar-refractivity contribution in [3.05, 3.63) is 35.4 Å². The van der Waals surface area contributed by atoms with Crippen LogP contribution in [0.5, 0.6) is 0 Å². The number of esters is 2. The molecule has 1 aromatic rings. The molecule has 0 aliphatic carbocycles. The molecule has 1 aromatic heterocycles. The lowest BCUT2D eigenvalue weighted by Crippen LogP contribution is -2.49. The van der Waals surface area contributed by atoms with Crippen LogP contribution in [0, 0.1) is 5.92 Å². The van der Waals surface area contributed by atoms with Crippen LogP contribution < -0.4 is 10.6 Å². The van der Waals surface area contributed by atoms with E-state index in [0.29, 0.717) is 36.7 Å². The smallest absolute Gasteiger partial charge is 0.338 e. The number of rotatable bonds is 7. The molecule has 9 heteroatoms. The standard InChI is InChI=1S/C20H27N3O6/c1-3-27-18(24)13-7-5-9-23(11-13)12-14-16(19(25)28-4-2)17(22-20(26)21-14)15-8-6-10-29-15/h6,8,10,13,17H,3-5,7,9,11-12H2,1-2H3,(H2,21,22,26)/t13-,17-/m0/s1. The Morgan fingerprint density at radius 2 is 2.07 bits per heavy atom. The maximum Gasteiger partial charge on any atom is 0.338 e. The maximum absolute atomic E-state index is 12.7. The van der Waals surface area contributed by atoms with E-state index >= 15 is 0 Å². The zero-order valence-corrected chi connectivity index (χ0v) is 16.7. The van der Waals surface area contributed by atoms with Gasteiger partial charge < -0.3 is 24.5 Å². The normalized spacial score (nSPS) is 22.6. The summed E-state index contributed by atoms with van der Waals surface area (Å²) in [7, 11) is 0. The monoisotopic (exact) mass is 405 g/mol. The van der Waals surface area contributed by atoms with Crippen molar-refractivity contribution in [3.8, 4) is 0 Å². The first-order valence-electron chi connectivity index (χ1n) is 9.93. The summed E-state index contributed by atoms with van der Waals surface area (Å²) in [6, 6.07) is 2.23. The van der Waals surface area contributed by atoms with E-state index in [9.17, 15) is 14.4 Å². The summed E-state index contributed by atoms with van der Waals surface area (Å²) >= 11 is 0. The second kappa shape index (κ2) is 9.60. The minimum absolute atomic E-state index is 0.209. The van der Waals surface area contributed by atoms with Gasteiger partial charge >= 0.3 is 18.0 Å². The lowest BCUT2D eigenvalue weighted by molar-refractivity contribution is -0.150. The highest BCUT2D eigenvalue weighted by molar-refractivity contribution is 5.95. The van der Waals surface area contributed by atoms with Crippen LogP contribution in [0.3, 0.4) is 0 Å². The topological polar surface area (TPSA) is 110 Å². The van der Waals surface area contributed by atoms with Crippen molar-refractivity contribution in [3.63, 3.8) is 0 Å². The van der Waals surface area contributed by atoms with Crippen molar-refractivity contribution in [2.45, 2.75) is 32.7 Å². The quantitative estimate of drug-likeness (QED) is 0.665. The highest BCUT2D eigenvalue weighted by Gasteiger charge is 2.36. The number of piperidine rings is 1. The van der Waals surface area contributed by atoms with Crippen molar-refractivity contribution in [1.29, 1.82) is 0 Å². The zero-order valence-electron chi connectivity index (χ0n) is 16.7. The molecule has 0 spiro atoms. The van der Waals surface area contributed by atoms with Crippen LogP contribution in [0.15, 0.2) is 34.1 Å². The first-order valence-corrected chi connectivity index (χ1v) is 9.93. The number of carbonyl (C=O) groups excluding carboxylic acids is 3. The van der Waals surface area contributed by atoms with Gasteiger partial charge in [0.15, 0.2) is 0 Å². The molecule has 2 aliphatic rings. The Hall–Kier alpha value is -2.81. The number of urea groups is 1. The molecule has 0 radical (unpaired) electrons. The predicted molar refractivity (Wildman–Crippen MR) is 103 cm³/mol. The average Bonchev–Trinajstić information content (AvgIpc) is 3.23. The van der Waals surface area contributed by atoms with Gasteiger partial charge in [0.2, 0.25) is 0 Å². The summed E-state index contributed by atoms with van der Waals surface area (Å²) in [5.74, 6) is -0.493. The van der Waals surface area contributed by atoms with Gasteiger partial charge in [-0.05, 0) is 45.4 Å². The summed E-state index contributed by atoms with van der Waals surface area (Å²) < 4.78 is 15.8. The lowest BCUT2D eigenvalue weighted by atomic mass is 9.96. The largest absolute Gasteiger partial charge is 0.467 e. The van der Waals surface area contributed by atoms with E-state index in [1.54, 1.807) is 26.0 Å². The number of hydrogen-bond acceptors (Lipinski definition) is 7. The van der Waals surface area contributed by atoms with Crippen molar-refractivity contribution < 1.29 is 28.3 Å². The molecule has 3 heterocycles. The van der Waals surface area contributed by atoms with Crippen molar-refractivity contribution in [2.24, 2.45) is 5.92 Å². The molecule has 9 nitrogen and oxygen atoms in total. The van der Waals surface area contributed by atoms with Gasteiger partial charge in [-0.2, -0.15) is 0 Å². The van der Waals surface area contributed by atoms with Crippen LogP contribution in [0.2, 0.25) is 0 Å². The van der Waals surface area contributed by atoms with Gasteiger partial charge in [-0.3, -0.25) is 9.69 Å². The zero-order chi connectivity index (χ0) is 20.8. The second-order valence-corrected chi connectivity index (χ2v) is 6.99. The first-order chi connectivity index (χ1) is 14.0. The van der Waals surface area contributed by atoms with Gasteiger partial charge in [0.1, 0.15) is 11.8 Å². The Kier molecular flexibility index (Phi) is 6.92. The Morgan fingerprint density at radius 1 is 1.28 bits per heavy atom. The fourth-order valence-electron chi connectivity index (χ4n) is 3.74. The molecule has 2 amide bonds. The van der Waals surface area contributed by atoms with Crippen LogP contribution in [0.1, 0.15) is 38.5 Å². The minimum atomic E-state index is -0.738. The van der Waals surface area contributed by atoms with Crippen LogP contribution in [-0.2, 0) is 19.1 Å². The van der Waals surface area contributed by atoms with Gasteiger partial charge in [-0.1, -0.05) is 0 Å². The molecule has 2 aliphatic heterocycles. The molecule has 2 N–H and O–H groups in total. The number of nitrogens with one attached hydrogen (secondary N) is 2. The van der Waals surface area contributed by atoms with E-state index in [4.69, 9.17) is 13.9 Å². The van der Waals surface area contributed by atoms with Gasteiger partial charge in [0.25, 0.3) is 0 Å². The molecule has 0 saturated carbocycles. The fraction of sp³-hybridized carbons (Fsp3) is 0.550.